The normalized spacial score (nSPS) is 17.4. The van der Waals surface area contributed by atoms with E-state index in [0.717, 1.165) is 6.42 Å². The van der Waals surface area contributed by atoms with E-state index in [2.05, 4.69) is 0 Å². The molecule has 0 bridgehead atoms. The average Bonchev–Trinajstić information content (AvgIpc) is 1.84. The van der Waals surface area contributed by atoms with Crippen LogP contribution in [-0.4, -0.2) is 12.3 Å². The van der Waals surface area contributed by atoms with Gasteiger partial charge in [-0.05, 0) is 5.92 Å². The molecule has 0 unspecified atom stereocenters. The maximum Gasteiger partial charge on any atom is 0.216 e. The molecule has 0 aromatic carbocycles. The fraction of sp³-hybridized carbons (Fsp3) is 0.833. The maximum absolute atomic E-state index is 9.86. The standard InChI is InChI=1S/C6H12NO/c1-3-5(2)6(7)4-8/h5-6H,3,7H2,1-2H3/t5-,6-/m1/s1. The van der Waals surface area contributed by atoms with Gasteiger partial charge in [0.15, 0.2) is 0 Å². The summed E-state index contributed by atoms with van der Waals surface area (Å²) in [5, 5.41) is 0. The molecule has 0 spiro atoms. The Morgan fingerprint density at radius 1 is 1.75 bits per heavy atom. The SMILES string of the molecule is CC[C@@H](C)[C@H](N)[C]=O. The molecule has 0 aromatic rings. The first kappa shape index (κ1) is 7.63. The van der Waals surface area contributed by atoms with Crippen LogP contribution in [0.5, 0.6) is 0 Å². The summed E-state index contributed by atoms with van der Waals surface area (Å²) in [6.45, 7) is 3.94. The summed E-state index contributed by atoms with van der Waals surface area (Å²) in [7, 11) is 0. The van der Waals surface area contributed by atoms with E-state index in [1.54, 1.807) is 6.29 Å². The maximum atomic E-state index is 9.86. The highest BCUT2D eigenvalue weighted by molar-refractivity contribution is 5.58. The van der Waals surface area contributed by atoms with Crippen molar-refractivity contribution >= 4 is 6.29 Å². The van der Waals surface area contributed by atoms with Gasteiger partial charge in [-0.15, -0.1) is 0 Å². The van der Waals surface area contributed by atoms with Crippen LogP contribution in [0.2, 0.25) is 0 Å². The number of nitrogens with two attached hydrogens (primary N) is 1. The van der Waals surface area contributed by atoms with Crippen LogP contribution in [0.4, 0.5) is 0 Å². The Morgan fingerprint density at radius 3 is 2.38 bits per heavy atom. The largest absolute Gasteiger partial charge is 0.321 e. The van der Waals surface area contributed by atoms with Gasteiger partial charge in [0.05, 0.1) is 6.04 Å². The smallest absolute Gasteiger partial charge is 0.216 e. The van der Waals surface area contributed by atoms with Crippen molar-refractivity contribution in [2.45, 2.75) is 26.3 Å². The van der Waals surface area contributed by atoms with Crippen molar-refractivity contribution in [3.8, 4) is 0 Å². The minimum Gasteiger partial charge on any atom is -0.321 e. The van der Waals surface area contributed by atoms with Crippen molar-refractivity contribution in [1.82, 2.24) is 0 Å². The number of hydrogen-bond acceptors (Lipinski definition) is 2. The third-order valence-electron chi connectivity index (χ3n) is 1.39. The molecule has 0 saturated heterocycles. The summed E-state index contributed by atoms with van der Waals surface area (Å²) in [6.07, 6.45) is 2.68. The van der Waals surface area contributed by atoms with Crippen LogP contribution >= 0.6 is 0 Å². The molecule has 0 heterocycles. The molecule has 0 fully saturated rings. The van der Waals surface area contributed by atoms with Crippen molar-refractivity contribution in [1.29, 1.82) is 0 Å². The third kappa shape index (κ3) is 2.07. The van der Waals surface area contributed by atoms with Gasteiger partial charge in [-0.25, -0.2) is 0 Å². The van der Waals surface area contributed by atoms with E-state index in [1.165, 1.54) is 0 Å². The highest BCUT2D eigenvalue weighted by atomic mass is 16.1. The van der Waals surface area contributed by atoms with Gasteiger partial charge in [0.2, 0.25) is 6.29 Å². The van der Waals surface area contributed by atoms with Gasteiger partial charge in [-0.2, -0.15) is 0 Å². The van der Waals surface area contributed by atoms with E-state index >= 15 is 0 Å². The first-order valence-electron chi connectivity index (χ1n) is 2.85. The molecule has 0 aromatic heterocycles. The lowest BCUT2D eigenvalue weighted by Gasteiger charge is -2.08. The number of hydrogen-bond donors (Lipinski definition) is 1. The summed E-state index contributed by atoms with van der Waals surface area (Å²) in [6, 6.07) is -0.389. The second kappa shape index (κ2) is 3.61. The Hall–Kier alpha value is -0.370. The van der Waals surface area contributed by atoms with Crippen LogP contribution in [0.1, 0.15) is 20.3 Å². The van der Waals surface area contributed by atoms with Crippen LogP contribution < -0.4 is 5.73 Å². The molecule has 0 aliphatic heterocycles. The fourth-order valence-corrected chi connectivity index (χ4v) is 0.370. The van der Waals surface area contributed by atoms with E-state index in [1.807, 2.05) is 13.8 Å². The molecular formula is C6H12NO. The highest BCUT2D eigenvalue weighted by Gasteiger charge is 2.08. The van der Waals surface area contributed by atoms with Gasteiger partial charge in [0.1, 0.15) is 0 Å². The van der Waals surface area contributed by atoms with Gasteiger partial charge in [-0.3, -0.25) is 4.79 Å². The van der Waals surface area contributed by atoms with Crippen LogP contribution in [-0.2, 0) is 4.79 Å². The molecule has 0 aliphatic carbocycles. The Kier molecular flexibility index (Phi) is 3.44. The van der Waals surface area contributed by atoms with Crippen molar-refractivity contribution < 1.29 is 4.79 Å². The first-order valence-corrected chi connectivity index (χ1v) is 2.85. The Labute approximate surface area is 50.1 Å². The molecule has 47 valence electrons. The quantitative estimate of drug-likeness (QED) is 0.579. The van der Waals surface area contributed by atoms with Crippen LogP contribution in [0.25, 0.3) is 0 Å². The molecule has 2 atom stereocenters. The van der Waals surface area contributed by atoms with E-state index < -0.39 is 0 Å². The van der Waals surface area contributed by atoms with Gasteiger partial charge in [-0.1, -0.05) is 20.3 Å². The van der Waals surface area contributed by atoms with Crippen LogP contribution in [0.3, 0.4) is 0 Å². The molecule has 2 heteroatoms. The Morgan fingerprint density at radius 2 is 2.25 bits per heavy atom. The van der Waals surface area contributed by atoms with Gasteiger partial charge in [0, 0.05) is 0 Å². The monoisotopic (exact) mass is 114 g/mol. The zero-order chi connectivity index (χ0) is 6.57. The zero-order valence-corrected chi connectivity index (χ0v) is 5.35. The van der Waals surface area contributed by atoms with Crippen molar-refractivity contribution in [2.24, 2.45) is 11.7 Å². The minimum atomic E-state index is -0.389. The summed E-state index contributed by atoms with van der Waals surface area (Å²) in [4.78, 5) is 9.86. The van der Waals surface area contributed by atoms with Gasteiger partial charge in [0.25, 0.3) is 0 Å². The van der Waals surface area contributed by atoms with E-state index in [9.17, 15) is 4.79 Å². The Balaban J connectivity index is 3.44. The van der Waals surface area contributed by atoms with Crippen molar-refractivity contribution in [3.63, 3.8) is 0 Å². The molecule has 8 heavy (non-hydrogen) atoms. The number of carbonyl (C=O) groups excluding carboxylic acids is 1. The van der Waals surface area contributed by atoms with Gasteiger partial charge >= 0.3 is 0 Å². The first-order chi connectivity index (χ1) is 3.72. The predicted molar refractivity (Wildman–Crippen MR) is 33.1 cm³/mol. The lowest BCUT2D eigenvalue weighted by atomic mass is 10.0. The Bertz CT molecular complexity index is 72.9. The van der Waals surface area contributed by atoms with E-state index in [0.29, 0.717) is 0 Å². The molecule has 0 amide bonds. The summed E-state index contributed by atoms with van der Waals surface area (Å²) in [5.74, 6) is 0.271. The highest BCUT2D eigenvalue weighted by Crippen LogP contribution is 2.01. The topological polar surface area (TPSA) is 43.1 Å². The fourth-order valence-electron chi connectivity index (χ4n) is 0.370. The molecular weight excluding hydrogens is 102 g/mol. The third-order valence-corrected chi connectivity index (χ3v) is 1.39. The summed E-state index contributed by atoms with van der Waals surface area (Å²) in [5.41, 5.74) is 5.30. The summed E-state index contributed by atoms with van der Waals surface area (Å²) >= 11 is 0. The molecule has 2 N–H and O–H groups in total. The lowest BCUT2D eigenvalue weighted by Crippen LogP contribution is -2.28. The molecule has 2 nitrogen and oxygen atoms in total. The minimum absolute atomic E-state index is 0.271. The van der Waals surface area contributed by atoms with Crippen LogP contribution in [0.15, 0.2) is 0 Å². The van der Waals surface area contributed by atoms with E-state index in [-0.39, 0.29) is 12.0 Å². The predicted octanol–water partition coefficient (Wildman–Crippen LogP) is 0.470. The van der Waals surface area contributed by atoms with Crippen molar-refractivity contribution in [3.05, 3.63) is 0 Å². The molecule has 0 saturated carbocycles. The van der Waals surface area contributed by atoms with Gasteiger partial charge < -0.3 is 5.73 Å². The lowest BCUT2D eigenvalue weighted by molar-refractivity contribution is 0.477. The second-order valence-electron chi connectivity index (χ2n) is 2.03. The van der Waals surface area contributed by atoms with Crippen molar-refractivity contribution in [2.75, 3.05) is 0 Å². The second-order valence-corrected chi connectivity index (χ2v) is 2.03. The molecule has 1 radical (unpaired) electrons. The van der Waals surface area contributed by atoms with Crippen LogP contribution in [0, 0.1) is 5.92 Å². The summed E-state index contributed by atoms with van der Waals surface area (Å²) < 4.78 is 0. The molecule has 0 aliphatic rings. The van der Waals surface area contributed by atoms with E-state index in [4.69, 9.17) is 5.73 Å². The number of rotatable bonds is 3. The zero-order valence-electron chi connectivity index (χ0n) is 5.35. The molecule has 0 rings (SSSR count). The average molecular weight is 114 g/mol.